The van der Waals surface area contributed by atoms with Crippen LogP contribution in [0, 0.1) is 0 Å². The van der Waals surface area contributed by atoms with Gasteiger partial charge in [-0.25, -0.2) is 4.79 Å². The molecule has 0 saturated heterocycles. The third kappa shape index (κ3) is 6.87. The number of nitrogens with zero attached hydrogens (tertiary/aromatic N) is 1. The van der Waals surface area contributed by atoms with E-state index < -0.39 is 29.7 Å². The normalized spacial score (nSPS) is 10.8. The Hall–Kier alpha value is -3.15. The van der Waals surface area contributed by atoms with Crippen LogP contribution in [0.2, 0.25) is 0 Å². The van der Waals surface area contributed by atoms with Gasteiger partial charge < -0.3 is 14.4 Å². The summed E-state index contributed by atoms with van der Waals surface area (Å²) in [5.74, 6) is -1.68. The molecule has 0 atom stereocenters. The molecule has 0 fully saturated rings. The first-order chi connectivity index (χ1) is 13.3. The van der Waals surface area contributed by atoms with Gasteiger partial charge in [-0.15, -0.1) is 0 Å². The van der Waals surface area contributed by atoms with E-state index >= 15 is 0 Å². The zero-order valence-electron chi connectivity index (χ0n) is 16.4. The van der Waals surface area contributed by atoms with Crippen molar-refractivity contribution < 1.29 is 23.9 Å². The molecule has 6 heteroatoms. The monoisotopic (exact) mass is 383 g/mol. The van der Waals surface area contributed by atoms with Crippen molar-refractivity contribution >= 4 is 23.3 Å². The van der Waals surface area contributed by atoms with Crippen molar-refractivity contribution in [2.24, 2.45) is 0 Å². The maximum Gasteiger partial charge on any atom is 0.375 e. The predicted molar refractivity (Wildman–Crippen MR) is 106 cm³/mol. The van der Waals surface area contributed by atoms with E-state index in [1.165, 1.54) is 4.90 Å². The summed E-state index contributed by atoms with van der Waals surface area (Å²) < 4.78 is 10.7. The number of esters is 1. The predicted octanol–water partition coefficient (Wildman–Crippen LogP) is 3.40. The second kappa shape index (κ2) is 9.69. The first-order valence-electron chi connectivity index (χ1n) is 9.06. The summed E-state index contributed by atoms with van der Waals surface area (Å²) in [6, 6.07) is 18.2. The van der Waals surface area contributed by atoms with Crippen molar-refractivity contribution in [2.75, 3.05) is 18.1 Å². The van der Waals surface area contributed by atoms with E-state index in [-0.39, 0.29) is 13.2 Å². The lowest BCUT2D eigenvalue weighted by atomic mass is 10.2. The standard InChI is InChI=1S/C22H25NO5/c1-22(2,3)28-21(26)19(24)16-20(25)23(17-10-6-4-7-11-17)14-15-27-18-12-8-5-9-13-18/h4-13H,14-16H2,1-3H3. The molecule has 0 aliphatic heterocycles. The molecule has 1 amide bonds. The molecule has 0 aromatic heterocycles. The van der Waals surface area contributed by atoms with Crippen LogP contribution in [0.3, 0.4) is 0 Å². The molecule has 0 aliphatic carbocycles. The third-order valence-corrected chi connectivity index (χ3v) is 3.63. The number of ketones is 1. The minimum absolute atomic E-state index is 0.235. The van der Waals surface area contributed by atoms with E-state index in [4.69, 9.17) is 9.47 Å². The highest BCUT2D eigenvalue weighted by Crippen LogP contribution is 2.16. The molecule has 2 rings (SSSR count). The Bertz CT molecular complexity index is 797. The summed E-state index contributed by atoms with van der Waals surface area (Å²) in [4.78, 5) is 38.1. The summed E-state index contributed by atoms with van der Waals surface area (Å²) in [5.41, 5.74) is -0.167. The molecular formula is C22H25NO5. The lowest BCUT2D eigenvalue weighted by Gasteiger charge is -2.23. The number of carbonyl (C=O) groups excluding carboxylic acids is 3. The van der Waals surface area contributed by atoms with Crippen LogP contribution in [0.1, 0.15) is 27.2 Å². The van der Waals surface area contributed by atoms with E-state index in [2.05, 4.69) is 0 Å². The molecule has 0 N–H and O–H groups in total. The molecule has 28 heavy (non-hydrogen) atoms. The number of hydrogen-bond acceptors (Lipinski definition) is 5. The van der Waals surface area contributed by atoms with Crippen LogP contribution in [0.15, 0.2) is 60.7 Å². The highest BCUT2D eigenvalue weighted by molar-refractivity contribution is 6.37. The lowest BCUT2D eigenvalue weighted by molar-refractivity contribution is -0.163. The smallest absolute Gasteiger partial charge is 0.375 e. The summed E-state index contributed by atoms with van der Waals surface area (Å²) in [5, 5.41) is 0. The van der Waals surface area contributed by atoms with E-state index in [1.807, 2.05) is 36.4 Å². The molecule has 148 valence electrons. The lowest BCUT2D eigenvalue weighted by Crippen LogP contribution is -2.38. The van der Waals surface area contributed by atoms with Crippen molar-refractivity contribution in [3.8, 4) is 5.75 Å². The Morgan fingerprint density at radius 3 is 2.04 bits per heavy atom. The Labute approximate surface area is 165 Å². The summed E-state index contributed by atoms with van der Waals surface area (Å²) in [6.45, 7) is 5.47. The zero-order chi connectivity index (χ0) is 20.6. The van der Waals surface area contributed by atoms with E-state index in [9.17, 15) is 14.4 Å². The number of Topliss-reactive ketones (excluding diaryl/α,β-unsaturated/α-hetero) is 1. The molecular weight excluding hydrogens is 358 g/mol. The SMILES string of the molecule is CC(C)(C)OC(=O)C(=O)CC(=O)N(CCOc1ccccc1)c1ccccc1. The van der Waals surface area contributed by atoms with Gasteiger partial charge in [-0.05, 0) is 45.0 Å². The average Bonchev–Trinajstić information content (AvgIpc) is 2.65. The first kappa shape index (κ1) is 21.2. The van der Waals surface area contributed by atoms with Gasteiger partial charge >= 0.3 is 5.97 Å². The second-order valence-corrected chi connectivity index (χ2v) is 7.14. The molecule has 0 saturated carbocycles. The average molecular weight is 383 g/mol. The van der Waals surface area contributed by atoms with Gasteiger partial charge in [-0.2, -0.15) is 0 Å². The molecule has 0 aliphatic rings. The Morgan fingerprint density at radius 1 is 0.893 bits per heavy atom. The number of anilines is 1. The zero-order valence-corrected chi connectivity index (χ0v) is 16.4. The van der Waals surface area contributed by atoms with E-state index in [0.717, 1.165) is 0 Å². The summed E-state index contributed by atoms with van der Waals surface area (Å²) in [6.07, 6.45) is -0.560. The maximum absolute atomic E-state index is 12.7. The minimum atomic E-state index is -1.01. The topological polar surface area (TPSA) is 72.9 Å². The van der Waals surface area contributed by atoms with Gasteiger partial charge in [-0.3, -0.25) is 9.59 Å². The second-order valence-electron chi connectivity index (χ2n) is 7.14. The van der Waals surface area contributed by atoms with Crippen LogP contribution < -0.4 is 9.64 Å². The number of carbonyl (C=O) groups is 3. The van der Waals surface area contributed by atoms with Crippen LogP contribution in [0.25, 0.3) is 0 Å². The Balaban J connectivity index is 2.03. The van der Waals surface area contributed by atoms with Crippen molar-refractivity contribution in [3.05, 3.63) is 60.7 Å². The van der Waals surface area contributed by atoms with Gasteiger partial charge in [0.1, 0.15) is 18.0 Å². The van der Waals surface area contributed by atoms with Crippen LogP contribution >= 0.6 is 0 Å². The Morgan fingerprint density at radius 2 is 1.46 bits per heavy atom. The van der Waals surface area contributed by atoms with Crippen LogP contribution in [-0.4, -0.2) is 36.4 Å². The minimum Gasteiger partial charge on any atom is -0.492 e. The van der Waals surface area contributed by atoms with Crippen LogP contribution in [0.4, 0.5) is 5.69 Å². The number of amides is 1. The molecule has 2 aromatic rings. The van der Waals surface area contributed by atoms with Gasteiger partial charge in [0, 0.05) is 5.69 Å². The largest absolute Gasteiger partial charge is 0.492 e. The van der Waals surface area contributed by atoms with Crippen molar-refractivity contribution in [1.82, 2.24) is 0 Å². The summed E-state index contributed by atoms with van der Waals surface area (Å²) in [7, 11) is 0. The van der Waals surface area contributed by atoms with Crippen LogP contribution in [0.5, 0.6) is 5.75 Å². The molecule has 0 heterocycles. The highest BCUT2D eigenvalue weighted by atomic mass is 16.6. The molecule has 6 nitrogen and oxygen atoms in total. The van der Waals surface area contributed by atoms with Crippen molar-refractivity contribution in [1.29, 1.82) is 0 Å². The molecule has 0 radical (unpaired) electrons. The third-order valence-electron chi connectivity index (χ3n) is 3.63. The van der Waals surface area contributed by atoms with Gasteiger partial charge in [0.25, 0.3) is 0 Å². The number of para-hydroxylation sites is 2. The van der Waals surface area contributed by atoms with E-state index in [0.29, 0.717) is 11.4 Å². The molecule has 0 spiro atoms. The Kier molecular flexibility index (Phi) is 7.32. The number of ether oxygens (including phenoxy) is 2. The maximum atomic E-state index is 12.7. The van der Waals surface area contributed by atoms with Gasteiger partial charge in [0.05, 0.1) is 13.0 Å². The number of benzene rings is 2. The van der Waals surface area contributed by atoms with Crippen LogP contribution in [-0.2, 0) is 19.1 Å². The fourth-order valence-electron chi connectivity index (χ4n) is 2.42. The highest BCUT2D eigenvalue weighted by Gasteiger charge is 2.27. The summed E-state index contributed by atoms with van der Waals surface area (Å²) >= 11 is 0. The fourth-order valence-corrected chi connectivity index (χ4v) is 2.42. The van der Waals surface area contributed by atoms with Gasteiger partial charge in [0.2, 0.25) is 11.7 Å². The van der Waals surface area contributed by atoms with Gasteiger partial charge in [0.15, 0.2) is 0 Å². The fraction of sp³-hybridized carbons (Fsp3) is 0.318. The number of hydrogen-bond donors (Lipinski definition) is 0. The molecule has 2 aromatic carbocycles. The number of rotatable bonds is 8. The van der Waals surface area contributed by atoms with Crippen molar-refractivity contribution in [2.45, 2.75) is 32.8 Å². The van der Waals surface area contributed by atoms with Crippen molar-refractivity contribution in [3.63, 3.8) is 0 Å². The quantitative estimate of drug-likeness (QED) is 0.397. The van der Waals surface area contributed by atoms with Gasteiger partial charge in [-0.1, -0.05) is 36.4 Å². The molecule has 0 bridgehead atoms. The molecule has 0 unspecified atom stereocenters. The van der Waals surface area contributed by atoms with E-state index in [1.54, 1.807) is 45.0 Å². The first-order valence-corrected chi connectivity index (χ1v) is 9.06.